The molecule has 0 saturated heterocycles. The van der Waals surface area contributed by atoms with Gasteiger partial charge in [-0.2, -0.15) is 0 Å². The minimum atomic E-state index is -0.528. The number of hydrogen-bond acceptors (Lipinski definition) is 2. The molecule has 3 nitrogen and oxygen atoms in total. The lowest BCUT2D eigenvalue weighted by atomic mass is 9.68. The number of para-hydroxylation sites is 3. The molecule has 2 heterocycles. The number of aromatic nitrogens is 1. The van der Waals surface area contributed by atoms with E-state index in [0.29, 0.717) is 0 Å². The Hall–Kier alpha value is -8.92. The minimum absolute atomic E-state index is 0.528. The van der Waals surface area contributed by atoms with Gasteiger partial charge in [-0.25, -0.2) is 0 Å². The van der Waals surface area contributed by atoms with Crippen LogP contribution < -0.4 is 9.64 Å². The van der Waals surface area contributed by atoms with E-state index in [-0.39, 0.29) is 0 Å². The zero-order valence-corrected chi connectivity index (χ0v) is 37.1. The SMILES string of the molecule is c1ccc(C2(c3ccccc3)c3ccccc3-c3c(N(c4ccc(-c5cccc6c5Oc5cccc7c8ccccc8n-6c57)cc4)c4ccc(-c5cccc6ccccc56)cc4)cccc32)cc1. The normalized spacial score (nSPS) is 12.9. The van der Waals surface area contributed by atoms with Gasteiger partial charge in [-0.3, -0.25) is 0 Å². The summed E-state index contributed by atoms with van der Waals surface area (Å²) in [6.07, 6.45) is 0. The molecule has 1 aliphatic heterocycles. The molecule has 1 aliphatic carbocycles. The maximum Gasteiger partial charge on any atom is 0.159 e. The second-order valence-corrected chi connectivity index (χ2v) is 17.9. The number of hydrogen-bond donors (Lipinski definition) is 0. The third kappa shape index (κ3) is 5.54. The van der Waals surface area contributed by atoms with Crippen LogP contribution in [0, 0.1) is 0 Å². The van der Waals surface area contributed by atoms with Crippen LogP contribution in [0.15, 0.2) is 255 Å². The standard InChI is InChI=1S/C65H42N2O/c1-3-19-46(20-4-1)65(47-21-5-2-6-22-47)56-29-11-9-25-55(56)62-57(65)30-16-32-59(62)66(48-39-35-44(36-40-48)51-26-13-18-43-17-7-8-23-50(43)51)49-41-37-45(38-42-49)52-27-14-33-60-64(52)68-61-34-15-28-54-53-24-10-12-31-58(53)67(60)63(54)61/h1-42H. The van der Waals surface area contributed by atoms with E-state index in [9.17, 15) is 0 Å². The average molecular weight is 867 g/mol. The Kier molecular flexibility index (Phi) is 8.50. The van der Waals surface area contributed by atoms with Crippen molar-refractivity contribution in [2.45, 2.75) is 5.41 Å². The highest BCUT2D eigenvalue weighted by molar-refractivity contribution is 6.12. The van der Waals surface area contributed by atoms with Crippen LogP contribution in [0.4, 0.5) is 17.1 Å². The van der Waals surface area contributed by atoms with Gasteiger partial charge in [0.15, 0.2) is 11.5 Å². The monoisotopic (exact) mass is 866 g/mol. The summed E-state index contributed by atoms with van der Waals surface area (Å²) in [6.45, 7) is 0. The minimum Gasteiger partial charge on any atom is -0.452 e. The molecule has 0 bridgehead atoms. The van der Waals surface area contributed by atoms with Gasteiger partial charge in [-0.05, 0) is 104 Å². The first-order valence-electron chi connectivity index (χ1n) is 23.4. The maximum atomic E-state index is 6.90. The molecule has 0 amide bonds. The van der Waals surface area contributed by atoms with E-state index < -0.39 is 5.41 Å². The van der Waals surface area contributed by atoms with Crippen molar-refractivity contribution in [2.75, 3.05) is 4.90 Å². The van der Waals surface area contributed by atoms with Gasteiger partial charge < -0.3 is 14.2 Å². The summed E-state index contributed by atoms with van der Waals surface area (Å²) < 4.78 is 9.27. The van der Waals surface area contributed by atoms with E-state index in [2.05, 4.69) is 264 Å². The van der Waals surface area contributed by atoms with Crippen LogP contribution in [0.5, 0.6) is 11.5 Å². The molecule has 2 aliphatic rings. The van der Waals surface area contributed by atoms with E-state index >= 15 is 0 Å². The number of anilines is 3. The molecule has 0 radical (unpaired) electrons. The summed E-state index contributed by atoms with van der Waals surface area (Å²) >= 11 is 0. The summed E-state index contributed by atoms with van der Waals surface area (Å²) in [4.78, 5) is 2.45. The van der Waals surface area contributed by atoms with Crippen molar-refractivity contribution in [1.82, 2.24) is 4.57 Å². The van der Waals surface area contributed by atoms with E-state index in [4.69, 9.17) is 4.74 Å². The second kappa shape index (κ2) is 15.1. The first-order chi connectivity index (χ1) is 33.8. The number of fused-ring (bicyclic) bond motifs is 9. The van der Waals surface area contributed by atoms with Gasteiger partial charge in [0.25, 0.3) is 0 Å². The topological polar surface area (TPSA) is 17.4 Å². The Morgan fingerprint density at radius 3 is 1.69 bits per heavy atom. The van der Waals surface area contributed by atoms with Gasteiger partial charge in [0, 0.05) is 33.3 Å². The van der Waals surface area contributed by atoms with Crippen molar-refractivity contribution < 1.29 is 4.74 Å². The van der Waals surface area contributed by atoms with Crippen molar-refractivity contribution in [2.24, 2.45) is 0 Å². The zero-order chi connectivity index (χ0) is 44.8. The van der Waals surface area contributed by atoms with Crippen LogP contribution in [-0.2, 0) is 5.41 Å². The van der Waals surface area contributed by atoms with Crippen LogP contribution in [0.25, 0.3) is 71.6 Å². The summed E-state index contributed by atoms with van der Waals surface area (Å²) in [7, 11) is 0. The van der Waals surface area contributed by atoms with E-state index in [1.54, 1.807) is 0 Å². The summed E-state index contributed by atoms with van der Waals surface area (Å²) in [6, 6.07) is 93.0. The van der Waals surface area contributed by atoms with Crippen LogP contribution in [-0.4, -0.2) is 4.57 Å². The first-order valence-corrected chi connectivity index (χ1v) is 23.4. The van der Waals surface area contributed by atoms with Crippen molar-refractivity contribution >= 4 is 49.6 Å². The van der Waals surface area contributed by atoms with Gasteiger partial charge in [0.1, 0.15) is 0 Å². The smallest absolute Gasteiger partial charge is 0.159 e. The Labute approximate surface area is 395 Å². The quantitative estimate of drug-likeness (QED) is 0.159. The number of benzene rings is 11. The molecule has 12 aromatic rings. The van der Waals surface area contributed by atoms with Crippen molar-refractivity contribution in [3.8, 4) is 50.6 Å². The Morgan fingerprint density at radius 1 is 0.382 bits per heavy atom. The summed E-state index contributed by atoms with van der Waals surface area (Å²) in [5.74, 6) is 1.73. The van der Waals surface area contributed by atoms with Gasteiger partial charge >= 0.3 is 0 Å². The lowest BCUT2D eigenvalue weighted by Gasteiger charge is -2.34. The average Bonchev–Trinajstić information content (AvgIpc) is 3.92. The highest BCUT2D eigenvalue weighted by Crippen LogP contribution is 2.60. The molecule has 14 rings (SSSR count). The lowest BCUT2D eigenvalue weighted by molar-refractivity contribution is 0.478. The van der Waals surface area contributed by atoms with Gasteiger partial charge in [0.05, 0.1) is 27.8 Å². The molecular formula is C65H42N2O. The number of nitrogens with zero attached hydrogens (tertiary/aromatic N) is 2. The molecule has 0 spiro atoms. The summed E-state index contributed by atoms with van der Waals surface area (Å²) in [5.41, 5.74) is 18.1. The second-order valence-electron chi connectivity index (χ2n) is 17.9. The van der Waals surface area contributed by atoms with Crippen molar-refractivity contribution in [1.29, 1.82) is 0 Å². The Bertz CT molecular complexity index is 3880. The number of ether oxygens (including phenoxy) is 1. The van der Waals surface area contributed by atoms with Crippen molar-refractivity contribution in [3.05, 3.63) is 277 Å². The molecule has 0 atom stereocenters. The molecule has 1 aromatic heterocycles. The third-order valence-corrected chi connectivity index (χ3v) is 14.5. The number of rotatable bonds is 7. The Morgan fingerprint density at radius 2 is 0.926 bits per heavy atom. The van der Waals surface area contributed by atoms with E-state index in [1.165, 1.54) is 71.6 Å². The van der Waals surface area contributed by atoms with E-state index in [0.717, 1.165) is 50.9 Å². The largest absolute Gasteiger partial charge is 0.452 e. The fourth-order valence-electron chi connectivity index (χ4n) is 11.6. The fraction of sp³-hybridized carbons (Fsp3) is 0.0154. The first kappa shape index (κ1) is 38.4. The molecule has 0 N–H and O–H groups in total. The van der Waals surface area contributed by atoms with Gasteiger partial charge in [0.2, 0.25) is 0 Å². The third-order valence-electron chi connectivity index (χ3n) is 14.5. The predicted molar refractivity (Wildman–Crippen MR) is 281 cm³/mol. The molecular weight excluding hydrogens is 825 g/mol. The molecule has 318 valence electrons. The highest BCUT2D eigenvalue weighted by Gasteiger charge is 2.47. The Balaban J connectivity index is 0.960. The lowest BCUT2D eigenvalue weighted by Crippen LogP contribution is -2.28. The molecule has 0 fully saturated rings. The van der Waals surface area contributed by atoms with Crippen LogP contribution in [0.2, 0.25) is 0 Å². The van der Waals surface area contributed by atoms with Crippen LogP contribution in [0.3, 0.4) is 0 Å². The molecule has 11 aromatic carbocycles. The maximum absolute atomic E-state index is 6.90. The van der Waals surface area contributed by atoms with Gasteiger partial charge in [-0.15, -0.1) is 0 Å². The van der Waals surface area contributed by atoms with Crippen molar-refractivity contribution in [3.63, 3.8) is 0 Å². The van der Waals surface area contributed by atoms with Gasteiger partial charge in [-0.1, -0.05) is 206 Å². The fourth-order valence-corrected chi connectivity index (χ4v) is 11.6. The molecule has 68 heavy (non-hydrogen) atoms. The van der Waals surface area contributed by atoms with E-state index in [1.807, 2.05) is 0 Å². The van der Waals surface area contributed by atoms with Crippen LogP contribution >= 0.6 is 0 Å². The molecule has 0 unspecified atom stereocenters. The molecule has 3 heteroatoms. The van der Waals surface area contributed by atoms with Crippen LogP contribution in [0.1, 0.15) is 22.3 Å². The summed E-state index contributed by atoms with van der Waals surface area (Å²) in [5, 5.41) is 4.90. The predicted octanol–water partition coefficient (Wildman–Crippen LogP) is 17.2. The zero-order valence-electron chi connectivity index (χ0n) is 37.1. The molecule has 0 saturated carbocycles. The highest BCUT2D eigenvalue weighted by atomic mass is 16.5.